The highest BCUT2D eigenvalue weighted by molar-refractivity contribution is 5.77. The molecule has 0 saturated heterocycles. The molecule has 5 heteroatoms. The van der Waals surface area contributed by atoms with Gasteiger partial charge in [0, 0.05) is 7.05 Å². The second kappa shape index (κ2) is 8.71. The first-order chi connectivity index (χ1) is 12.7. The number of allylic oxidation sites excluding steroid dienone is 1. The van der Waals surface area contributed by atoms with Crippen molar-refractivity contribution >= 4 is 11.5 Å². The van der Waals surface area contributed by atoms with Gasteiger partial charge in [-0.05, 0) is 59.7 Å². The molecule has 2 rings (SSSR count). The van der Waals surface area contributed by atoms with Crippen molar-refractivity contribution in [2.45, 2.75) is 33.1 Å². The molecule has 0 fully saturated rings. The molecule has 0 atom stereocenters. The molecule has 27 heavy (non-hydrogen) atoms. The normalized spacial score (nSPS) is 10.7. The molecule has 144 valence electrons. The van der Waals surface area contributed by atoms with Gasteiger partial charge in [-0.3, -0.25) is 4.79 Å². The molecule has 0 aliphatic rings. The summed E-state index contributed by atoms with van der Waals surface area (Å²) in [4.78, 5) is 11.3. The van der Waals surface area contributed by atoms with Gasteiger partial charge < -0.3 is 15.2 Å². The van der Waals surface area contributed by atoms with Gasteiger partial charge in [-0.25, -0.2) is 4.39 Å². The lowest BCUT2D eigenvalue weighted by Crippen LogP contribution is -2.25. The van der Waals surface area contributed by atoms with Gasteiger partial charge >= 0.3 is 0 Å². The molecule has 1 amide bonds. The van der Waals surface area contributed by atoms with E-state index in [0.717, 1.165) is 27.8 Å². The van der Waals surface area contributed by atoms with Crippen molar-refractivity contribution < 1.29 is 19.0 Å². The Morgan fingerprint density at radius 2 is 2.00 bits per heavy atom. The van der Waals surface area contributed by atoms with Crippen molar-refractivity contribution in [2.75, 3.05) is 13.7 Å². The summed E-state index contributed by atoms with van der Waals surface area (Å²) in [7, 11) is 1.49. The van der Waals surface area contributed by atoms with Crippen LogP contribution in [0.5, 0.6) is 11.5 Å². The summed E-state index contributed by atoms with van der Waals surface area (Å²) in [6, 6.07) is 8.44. The highest BCUT2D eigenvalue weighted by atomic mass is 19.1. The SMILES string of the molecule is C=C(C)c1cc(OCC(=O)NC)c(F)cc1Cc1ccc(O)c(C(C)C)c1. The lowest BCUT2D eigenvalue weighted by atomic mass is 9.93. The van der Waals surface area contributed by atoms with Crippen molar-refractivity contribution in [3.05, 3.63) is 65.0 Å². The fourth-order valence-corrected chi connectivity index (χ4v) is 2.86. The van der Waals surface area contributed by atoms with Crippen LogP contribution in [0.4, 0.5) is 4.39 Å². The lowest BCUT2D eigenvalue weighted by Gasteiger charge is -2.15. The number of ether oxygens (including phenoxy) is 1. The second-order valence-electron chi connectivity index (χ2n) is 6.91. The number of carbonyl (C=O) groups is 1. The third-order valence-electron chi connectivity index (χ3n) is 4.36. The minimum absolute atomic E-state index is 0.0222. The van der Waals surface area contributed by atoms with E-state index in [0.29, 0.717) is 6.42 Å². The van der Waals surface area contributed by atoms with Crippen LogP contribution in [0.15, 0.2) is 36.9 Å². The molecule has 0 unspecified atom stereocenters. The van der Waals surface area contributed by atoms with Gasteiger partial charge in [-0.2, -0.15) is 0 Å². The molecule has 0 bridgehead atoms. The summed E-state index contributed by atoms with van der Waals surface area (Å²) in [5.74, 6) is -0.392. The Morgan fingerprint density at radius 1 is 1.30 bits per heavy atom. The van der Waals surface area contributed by atoms with Crippen LogP contribution in [0.25, 0.3) is 5.57 Å². The molecule has 0 saturated carbocycles. The third kappa shape index (κ3) is 5.09. The number of carbonyl (C=O) groups excluding carboxylic acids is 1. The number of phenols is 1. The van der Waals surface area contributed by atoms with Crippen molar-refractivity contribution in [1.29, 1.82) is 0 Å². The van der Waals surface area contributed by atoms with Gasteiger partial charge in [-0.1, -0.05) is 38.1 Å². The average molecular weight is 371 g/mol. The molecule has 0 aliphatic heterocycles. The maximum atomic E-state index is 14.5. The molecule has 0 aliphatic carbocycles. The number of phenolic OH excluding ortho intramolecular Hbond substituents is 1. The zero-order chi connectivity index (χ0) is 20.1. The van der Waals surface area contributed by atoms with Gasteiger partial charge in [0.25, 0.3) is 5.91 Å². The van der Waals surface area contributed by atoms with E-state index in [1.54, 1.807) is 12.1 Å². The van der Waals surface area contributed by atoms with Crippen LogP contribution >= 0.6 is 0 Å². The van der Waals surface area contributed by atoms with Crippen LogP contribution in [-0.2, 0) is 11.2 Å². The van der Waals surface area contributed by atoms with Crippen molar-refractivity contribution in [1.82, 2.24) is 5.32 Å². The summed E-state index contributed by atoms with van der Waals surface area (Å²) in [6.45, 7) is 9.58. The van der Waals surface area contributed by atoms with Crippen LogP contribution in [0.3, 0.4) is 0 Å². The molecular formula is C22H26FNO3. The predicted molar refractivity (Wildman–Crippen MR) is 106 cm³/mol. The van der Waals surface area contributed by atoms with Gasteiger partial charge in [0.2, 0.25) is 0 Å². The Kier molecular flexibility index (Phi) is 6.61. The van der Waals surface area contributed by atoms with Crippen LogP contribution < -0.4 is 10.1 Å². The lowest BCUT2D eigenvalue weighted by molar-refractivity contribution is -0.122. The van der Waals surface area contributed by atoms with E-state index < -0.39 is 5.82 Å². The summed E-state index contributed by atoms with van der Waals surface area (Å²) in [5.41, 5.74) is 4.15. The van der Waals surface area contributed by atoms with E-state index >= 15 is 0 Å². The molecule has 2 N–H and O–H groups in total. The summed E-state index contributed by atoms with van der Waals surface area (Å²) < 4.78 is 19.8. The van der Waals surface area contributed by atoms with Crippen LogP contribution in [0.1, 0.15) is 48.9 Å². The third-order valence-corrected chi connectivity index (χ3v) is 4.36. The van der Waals surface area contributed by atoms with Gasteiger partial charge in [-0.15, -0.1) is 0 Å². The fourth-order valence-electron chi connectivity index (χ4n) is 2.86. The minimum atomic E-state index is -0.526. The Bertz CT molecular complexity index is 859. The molecule has 0 heterocycles. The number of nitrogens with one attached hydrogen (secondary N) is 1. The van der Waals surface area contributed by atoms with Crippen molar-refractivity contribution in [3.8, 4) is 11.5 Å². The smallest absolute Gasteiger partial charge is 0.257 e. The quantitative estimate of drug-likeness (QED) is 0.758. The highest BCUT2D eigenvalue weighted by Gasteiger charge is 2.14. The molecule has 0 spiro atoms. The monoisotopic (exact) mass is 371 g/mol. The van der Waals surface area contributed by atoms with E-state index in [9.17, 15) is 14.3 Å². The van der Waals surface area contributed by atoms with Crippen LogP contribution in [-0.4, -0.2) is 24.7 Å². The largest absolute Gasteiger partial charge is 0.508 e. The molecule has 0 aromatic heterocycles. The Hall–Kier alpha value is -2.82. The maximum Gasteiger partial charge on any atom is 0.257 e. The molecular weight excluding hydrogens is 345 g/mol. The van der Waals surface area contributed by atoms with Gasteiger partial charge in [0.05, 0.1) is 0 Å². The summed E-state index contributed by atoms with van der Waals surface area (Å²) in [6.07, 6.45) is 0.495. The van der Waals surface area contributed by atoms with Crippen molar-refractivity contribution in [2.24, 2.45) is 0 Å². The first-order valence-electron chi connectivity index (χ1n) is 8.86. The number of likely N-dealkylation sites (N-methyl/N-ethyl adjacent to an activating group) is 1. The second-order valence-corrected chi connectivity index (χ2v) is 6.91. The standard InChI is InChI=1S/C22H26FNO3/c1-13(2)17-11-21(27-12-22(26)24-5)19(23)10-16(17)8-15-6-7-20(25)18(9-15)14(3)4/h6-7,9-11,14,25H,1,8,12H2,2-5H3,(H,24,26). The highest BCUT2D eigenvalue weighted by Crippen LogP contribution is 2.31. The van der Waals surface area contributed by atoms with E-state index in [1.807, 2.05) is 32.9 Å². The average Bonchev–Trinajstić information content (AvgIpc) is 2.61. The van der Waals surface area contributed by atoms with E-state index in [4.69, 9.17) is 4.74 Å². The van der Waals surface area contributed by atoms with Crippen molar-refractivity contribution in [3.63, 3.8) is 0 Å². The van der Waals surface area contributed by atoms with E-state index in [2.05, 4.69) is 11.9 Å². The number of hydrogen-bond acceptors (Lipinski definition) is 3. The molecule has 2 aromatic rings. The topological polar surface area (TPSA) is 58.6 Å². The first-order valence-corrected chi connectivity index (χ1v) is 8.86. The Morgan fingerprint density at radius 3 is 2.59 bits per heavy atom. The number of benzene rings is 2. The Labute approximate surface area is 159 Å². The van der Waals surface area contributed by atoms with Crippen LogP contribution in [0, 0.1) is 5.82 Å². The molecule has 0 radical (unpaired) electrons. The number of aromatic hydroxyl groups is 1. The maximum absolute atomic E-state index is 14.5. The number of amides is 1. The Balaban J connectivity index is 2.36. The van der Waals surface area contributed by atoms with E-state index in [-0.39, 0.29) is 29.9 Å². The number of halogens is 1. The molecule has 2 aromatic carbocycles. The van der Waals surface area contributed by atoms with Crippen LogP contribution in [0.2, 0.25) is 0 Å². The predicted octanol–water partition coefficient (Wildman–Crippen LogP) is 4.40. The zero-order valence-corrected chi connectivity index (χ0v) is 16.2. The van der Waals surface area contributed by atoms with Gasteiger partial charge in [0.1, 0.15) is 5.75 Å². The minimum Gasteiger partial charge on any atom is -0.508 e. The zero-order valence-electron chi connectivity index (χ0n) is 16.2. The summed E-state index contributed by atoms with van der Waals surface area (Å²) >= 11 is 0. The first kappa shape index (κ1) is 20.5. The van der Waals surface area contributed by atoms with Gasteiger partial charge in [0.15, 0.2) is 18.2 Å². The van der Waals surface area contributed by atoms with E-state index in [1.165, 1.54) is 13.1 Å². The number of rotatable bonds is 7. The fraction of sp³-hybridized carbons (Fsp3) is 0.318. The number of hydrogen-bond donors (Lipinski definition) is 2. The summed E-state index contributed by atoms with van der Waals surface area (Å²) in [5, 5.41) is 12.4. The molecule has 4 nitrogen and oxygen atoms in total.